The Hall–Kier alpha value is 0.0700. The Labute approximate surface area is 116 Å². The van der Waals surface area contributed by atoms with Gasteiger partial charge in [-0.15, -0.1) is 11.3 Å². The zero-order valence-electron chi connectivity index (χ0n) is 10.7. The second-order valence-electron chi connectivity index (χ2n) is 5.72. The number of hydrogen-bond acceptors (Lipinski definition) is 3. The molecule has 2 heterocycles. The first-order chi connectivity index (χ1) is 7.97. The van der Waals surface area contributed by atoms with Crippen LogP contribution >= 0.6 is 27.3 Å². The van der Waals surface area contributed by atoms with Gasteiger partial charge in [-0.05, 0) is 6.42 Å². The Morgan fingerprint density at radius 3 is 2.88 bits per heavy atom. The highest BCUT2D eigenvalue weighted by molar-refractivity contribution is 9.09. The fourth-order valence-electron chi connectivity index (χ4n) is 1.93. The Balaban J connectivity index is 2.01. The van der Waals surface area contributed by atoms with E-state index in [-0.39, 0.29) is 5.41 Å². The second kappa shape index (κ2) is 5.37. The number of halogens is 1. The van der Waals surface area contributed by atoms with Crippen LogP contribution in [-0.4, -0.2) is 23.0 Å². The molecule has 0 amide bonds. The maximum Gasteiger partial charge on any atom is 0.0932 e. The van der Waals surface area contributed by atoms with Crippen LogP contribution in [0.2, 0.25) is 0 Å². The van der Waals surface area contributed by atoms with Crippen LogP contribution in [0.4, 0.5) is 0 Å². The molecule has 0 spiro atoms. The molecule has 96 valence electrons. The first-order valence-electron chi connectivity index (χ1n) is 6.13. The molecule has 1 fully saturated rings. The van der Waals surface area contributed by atoms with Crippen LogP contribution in [0.1, 0.15) is 37.9 Å². The number of nitrogens with zero attached hydrogens (tertiary/aromatic N) is 1. The van der Waals surface area contributed by atoms with Gasteiger partial charge in [0.15, 0.2) is 0 Å². The third-order valence-electron chi connectivity index (χ3n) is 3.14. The Morgan fingerprint density at radius 1 is 1.53 bits per heavy atom. The minimum Gasteiger partial charge on any atom is -0.381 e. The smallest absolute Gasteiger partial charge is 0.0932 e. The summed E-state index contributed by atoms with van der Waals surface area (Å²) in [5.74, 6) is 0.572. The molecule has 2 atom stereocenters. The van der Waals surface area contributed by atoms with Crippen molar-refractivity contribution >= 4 is 27.3 Å². The minimum absolute atomic E-state index is 0.158. The van der Waals surface area contributed by atoms with E-state index in [1.165, 1.54) is 10.7 Å². The number of rotatable bonds is 2. The monoisotopic (exact) mass is 317 g/mol. The van der Waals surface area contributed by atoms with Gasteiger partial charge < -0.3 is 4.74 Å². The van der Waals surface area contributed by atoms with Gasteiger partial charge in [0.05, 0.1) is 17.3 Å². The van der Waals surface area contributed by atoms with E-state index in [2.05, 4.69) is 42.1 Å². The molecule has 0 aromatic carbocycles. The molecule has 0 bridgehead atoms. The van der Waals surface area contributed by atoms with Crippen molar-refractivity contribution in [1.82, 2.24) is 4.98 Å². The zero-order valence-corrected chi connectivity index (χ0v) is 13.1. The lowest BCUT2D eigenvalue weighted by molar-refractivity contribution is 0.0605. The Morgan fingerprint density at radius 2 is 2.29 bits per heavy atom. The number of aromatic nitrogens is 1. The van der Waals surface area contributed by atoms with E-state index in [0.717, 1.165) is 26.1 Å². The van der Waals surface area contributed by atoms with E-state index in [4.69, 9.17) is 9.72 Å². The van der Waals surface area contributed by atoms with E-state index >= 15 is 0 Å². The van der Waals surface area contributed by atoms with Crippen LogP contribution in [0.25, 0.3) is 0 Å². The molecule has 1 aliphatic heterocycles. The molecular weight excluding hydrogens is 298 g/mol. The maximum absolute atomic E-state index is 5.55. The summed E-state index contributed by atoms with van der Waals surface area (Å²) in [5, 5.41) is 3.44. The lowest BCUT2D eigenvalue weighted by atomic mass is 9.93. The lowest BCUT2D eigenvalue weighted by Crippen LogP contribution is -2.29. The van der Waals surface area contributed by atoms with Crippen molar-refractivity contribution < 1.29 is 4.74 Å². The summed E-state index contributed by atoms with van der Waals surface area (Å²) >= 11 is 5.54. The summed E-state index contributed by atoms with van der Waals surface area (Å²) in [4.78, 5) is 5.33. The highest BCUT2D eigenvalue weighted by atomic mass is 79.9. The van der Waals surface area contributed by atoms with Gasteiger partial charge in [0, 0.05) is 34.6 Å². The van der Waals surface area contributed by atoms with Crippen molar-refractivity contribution in [2.24, 2.45) is 5.92 Å². The average Bonchev–Trinajstić information content (AvgIpc) is 2.69. The molecule has 0 saturated carbocycles. The topological polar surface area (TPSA) is 22.1 Å². The third-order valence-corrected chi connectivity index (χ3v) is 5.22. The van der Waals surface area contributed by atoms with Gasteiger partial charge in [-0.2, -0.15) is 0 Å². The molecule has 4 heteroatoms. The van der Waals surface area contributed by atoms with Crippen LogP contribution in [0.15, 0.2) is 5.38 Å². The van der Waals surface area contributed by atoms with Gasteiger partial charge in [0.25, 0.3) is 0 Å². The molecule has 1 aromatic rings. The molecule has 1 aromatic heterocycles. The van der Waals surface area contributed by atoms with Crippen molar-refractivity contribution in [3.8, 4) is 0 Å². The molecular formula is C13H20BrNOS. The van der Waals surface area contributed by atoms with E-state index in [1.54, 1.807) is 11.3 Å². The van der Waals surface area contributed by atoms with Crippen molar-refractivity contribution in [1.29, 1.82) is 0 Å². The standard InChI is InChI=1S/C13H20BrNOS/c1-13(2,3)11-8-17-12(15-11)6-9-7-16-5-4-10(9)14/h8-10H,4-7H2,1-3H3. The fraction of sp³-hybridized carbons (Fsp3) is 0.769. The summed E-state index contributed by atoms with van der Waals surface area (Å²) in [6.45, 7) is 8.38. The maximum atomic E-state index is 5.55. The van der Waals surface area contributed by atoms with E-state index in [0.29, 0.717) is 10.7 Å². The number of ether oxygens (including phenoxy) is 1. The van der Waals surface area contributed by atoms with Crippen LogP contribution in [-0.2, 0) is 16.6 Å². The van der Waals surface area contributed by atoms with Gasteiger partial charge in [0.1, 0.15) is 0 Å². The van der Waals surface area contributed by atoms with Crippen molar-refractivity contribution in [3.63, 3.8) is 0 Å². The van der Waals surface area contributed by atoms with Crippen LogP contribution in [0.3, 0.4) is 0 Å². The molecule has 2 unspecified atom stereocenters. The SMILES string of the molecule is CC(C)(C)c1csc(CC2COCCC2Br)n1. The van der Waals surface area contributed by atoms with Gasteiger partial charge in [-0.25, -0.2) is 4.98 Å². The fourth-order valence-corrected chi connectivity index (χ4v) is 3.57. The van der Waals surface area contributed by atoms with Gasteiger partial charge >= 0.3 is 0 Å². The summed E-state index contributed by atoms with van der Waals surface area (Å²) in [6.07, 6.45) is 2.15. The van der Waals surface area contributed by atoms with Gasteiger partial charge in [-0.1, -0.05) is 36.7 Å². The highest BCUT2D eigenvalue weighted by Crippen LogP contribution is 2.29. The minimum atomic E-state index is 0.158. The average molecular weight is 318 g/mol. The molecule has 0 N–H and O–H groups in total. The van der Waals surface area contributed by atoms with Crippen LogP contribution in [0.5, 0.6) is 0 Å². The summed E-state index contributed by atoms with van der Waals surface area (Å²) in [5.41, 5.74) is 1.37. The zero-order chi connectivity index (χ0) is 12.5. The van der Waals surface area contributed by atoms with Crippen LogP contribution < -0.4 is 0 Å². The molecule has 1 aliphatic rings. The van der Waals surface area contributed by atoms with E-state index in [9.17, 15) is 0 Å². The van der Waals surface area contributed by atoms with E-state index < -0.39 is 0 Å². The molecule has 0 aliphatic carbocycles. The van der Waals surface area contributed by atoms with Gasteiger partial charge in [0.2, 0.25) is 0 Å². The largest absolute Gasteiger partial charge is 0.381 e. The van der Waals surface area contributed by atoms with Crippen molar-refractivity contribution in [2.75, 3.05) is 13.2 Å². The first kappa shape index (κ1) is 13.5. The molecule has 0 radical (unpaired) electrons. The second-order valence-corrected chi connectivity index (χ2v) is 7.84. The third kappa shape index (κ3) is 3.52. The summed E-state index contributed by atoms with van der Waals surface area (Å²) in [6, 6.07) is 0. The number of alkyl halides is 1. The number of thiazole rings is 1. The molecule has 1 saturated heterocycles. The predicted molar refractivity (Wildman–Crippen MR) is 76.2 cm³/mol. The van der Waals surface area contributed by atoms with Crippen molar-refractivity contribution in [2.45, 2.75) is 43.9 Å². The molecule has 2 nitrogen and oxygen atoms in total. The summed E-state index contributed by atoms with van der Waals surface area (Å²) in [7, 11) is 0. The number of hydrogen-bond donors (Lipinski definition) is 0. The normalized spacial score (nSPS) is 26.1. The van der Waals surface area contributed by atoms with Crippen LogP contribution in [0, 0.1) is 5.92 Å². The van der Waals surface area contributed by atoms with Gasteiger partial charge in [-0.3, -0.25) is 0 Å². The summed E-state index contributed by atoms with van der Waals surface area (Å²) < 4.78 is 5.55. The molecule has 17 heavy (non-hydrogen) atoms. The first-order valence-corrected chi connectivity index (χ1v) is 7.93. The Bertz CT molecular complexity index is 372. The Kier molecular flexibility index (Phi) is 4.26. The lowest BCUT2D eigenvalue weighted by Gasteiger charge is -2.26. The van der Waals surface area contributed by atoms with Crippen molar-refractivity contribution in [3.05, 3.63) is 16.1 Å². The van der Waals surface area contributed by atoms with E-state index in [1.807, 2.05) is 0 Å². The predicted octanol–water partition coefficient (Wildman–Crippen LogP) is 3.78. The highest BCUT2D eigenvalue weighted by Gasteiger charge is 2.25. The molecule has 2 rings (SSSR count). The quantitative estimate of drug-likeness (QED) is 0.774.